The van der Waals surface area contributed by atoms with Crippen LogP contribution in [0.1, 0.15) is 36.3 Å². The number of aromatic amines is 1. The molecule has 47 heavy (non-hydrogen) atoms. The third-order valence-electron chi connectivity index (χ3n) is 9.16. The van der Waals surface area contributed by atoms with E-state index in [1.54, 1.807) is 11.0 Å². The molecule has 8 rings (SSSR count). The third kappa shape index (κ3) is 5.29. The van der Waals surface area contributed by atoms with Crippen molar-refractivity contribution in [2.75, 3.05) is 18.0 Å². The molecule has 4 heterocycles. The van der Waals surface area contributed by atoms with Gasteiger partial charge in [0, 0.05) is 23.5 Å². The number of anilines is 1. The minimum atomic E-state index is -0.327. The van der Waals surface area contributed by atoms with E-state index in [0.29, 0.717) is 35.1 Å². The van der Waals surface area contributed by atoms with Gasteiger partial charge in [-0.05, 0) is 55.5 Å². The number of nitrogens with one attached hydrogen (secondary N) is 1. The van der Waals surface area contributed by atoms with E-state index in [9.17, 15) is 9.59 Å². The monoisotopic (exact) mass is 619 g/mol. The van der Waals surface area contributed by atoms with Gasteiger partial charge in [0.1, 0.15) is 6.54 Å². The lowest BCUT2D eigenvalue weighted by atomic mass is 9.95. The number of piperidine rings is 1. The second-order valence-electron chi connectivity index (χ2n) is 12.1. The second-order valence-corrected chi connectivity index (χ2v) is 12.1. The van der Waals surface area contributed by atoms with Crippen LogP contribution in [0.2, 0.25) is 0 Å². The van der Waals surface area contributed by atoms with Crippen LogP contribution in [0, 0.1) is 0 Å². The summed E-state index contributed by atoms with van der Waals surface area (Å²) < 4.78 is 1.93. The molecule has 9 nitrogen and oxygen atoms in total. The van der Waals surface area contributed by atoms with E-state index in [-0.39, 0.29) is 24.4 Å². The maximum atomic E-state index is 14.8. The van der Waals surface area contributed by atoms with E-state index in [0.717, 1.165) is 47.8 Å². The molecule has 1 saturated heterocycles. The number of nitrogens with zero attached hydrogens (tertiary/aromatic N) is 6. The standard InChI is InChI=1S/C38H33N7O2/c46-35(43-22-12-11-17-28(43)23-26-13-3-1-4-14-26)25-44-33-20-9-10-21-34(33)45-36(27-15-5-2-6-16-27)41-42-37(45)30(38(44)47)24-32-29-18-7-8-19-31(29)39-40-32/h1-10,13-16,18-21,24,28H,11-12,17,22-23,25H2,(H,39,40)/b30-24+. The van der Waals surface area contributed by atoms with E-state index in [1.807, 2.05) is 107 Å². The van der Waals surface area contributed by atoms with Crippen LogP contribution in [0.3, 0.4) is 0 Å². The van der Waals surface area contributed by atoms with Crippen LogP contribution in [-0.2, 0) is 16.0 Å². The van der Waals surface area contributed by atoms with Crippen molar-refractivity contribution in [2.45, 2.75) is 31.7 Å². The summed E-state index contributed by atoms with van der Waals surface area (Å²) >= 11 is 0. The molecule has 1 unspecified atom stereocenters. The summed E-state index contributed by atoms with van der Waals surface area (Å²) in [7, 11) is 0. The zero-order valence-electron chi connectivity index (χ0n) is 25.8. The van der Waals surface area contributed by atoms with Crippen LogP contribution >= 0.6 is 0 Å². The maximum Gasteiger partial charge on any atom is 0.262 e. The summed E-state index contributed by atoms with van der Waals surface area (Å²) in [6, 6.07) is 35.6. The lowest BCUT2D eigenvalue weighted by molar-refractivity contribution is -0.134. The summed E-state index contributed by atoms with van der Waals surface area (Å²) in [6.07, 6.45) is 5.53. The quantitative estimate of drug-likeness (QED) is 0.220. The first kappa shape index (κ1) is 28.6. The van der Waals surface area contributed by atoms with Crippen LogP contribution < -0.4 is 4.90 Å². The molecule has 0 bridgehead atoms. The first-order valence-electron chi connectivity index (χ1n) is 16.1. The molecular formula is C38H33N7O2. The van der Waals surface area contributed by atoms with E-state index in [2.05, 4.69) is 32.5 Å². The van der Waals surface area contributed by atoms with Crippen molar-refractivity contribution >= 4 is 40.1 Å². The minimum Gasteiger partial charge on any atom is -0.338 e. The first-order chi connectivity index (χ1) is 23.2. The Morgan fingerprint density at radius 3 is 2.34 bits per heavy atom. The molecule has 0 spiro atoms. The number of rotatable bonds is 6. The molecule has 0 aliphatic carbocycles. The number of benzene rings is 4. The summed E-state index contributed by atoms with van der Waals surface area (Å²) in [4.78, 5) is 32.7. The van der Waals surface area contributed by atoms with E-state index >= 15 is 0 Å². The number of likely N-dealkylation sites (tertiary alicyclic amines) is 1. The zero-order chi connectivity index (χ0) is 31.7. The van der Waals surface area contributed by atoms with Gasteiger partial charge in [-0.1, -0.05) is 91.0 Å². The average Bonchev–Trinajstić information content (AvgIpc) is 3.73. The number of carbonyl (C=O) groups excluding carboxylic acids is 2. The molecule has 1 atom stereocenters. The van der Waals surface area contributed by atoms with Gasteiger partial charge in [-0.25, -0.2) is 0 Å². The lowest BCUT2D eigenvalue weighted by Crippen LogP contribution is -2.50. The number of amides is 2. The van der Waals surface area contributed by atoms with Crippen molar-refractivity contribution in [3.8, 4) is 17.1 Å². The smallest absolute Gasteiger partial charge is 0.262 e. The molecule has 2 aliphatic heterocycles. The second kappa shape index (κ2) is 12.2. The maximum absolute atomic E-state index is 14.8. The lowest BCUT2D eigenvalue weighted by Gasteiger charge is -2.37. The van der Waals surface area contributed by atoms with Gasteiger partial charge < -0.3 is 4.90 Å². The Bertz CT molecular complexity index is 2120. The topological polar surface area (TPSA) is 100 Å². The van der Waals surface area contributed by atoms with Crippen molar-refractivity contribution < 1.29 is 9.59 Å². The van der Waals surface area contributed by atoms with Crippen molar-refractivity contribution in [1.82, 2.24) is 29.9 Å². The number of para-hydroxylation sites is 3. The SMILES string of the molecule is O=C1/C(=C/c2[nH]nc3ccccc23)c2nnc(-c3ccccc3)n2-c2ccccc2N1CC(=O)N1CCCCC1Cc1ccccc1. The Balaban J connectivity index is 1.24. The molecule has 0 radical (unpaired) electrons. The Labute approximate surface area is 272 Å². The van der Waals surface area contributed by atoms with Gasteiger partial charge in [-0.3, -0.25) is 24.2 Å². The first-order valence-corrected chi connectivity index (χ1v) is 16.1. The highest BCUT2D eigenvalue weighted by atomic mass is 16.2. The average molecular weight is 620 g/mol. The number of H-pyrrole nitrogens is 1. The molecule has 2 amide bonds. The summed E-state index contributed by atoms with van der Waals surface area (Å²) in [5.41, 5.74) is 5.20. The van der Waals surface area contributed by atoms with Crippen LogP contribution in [0.4, 0.5) is 5.69 Å². The van der Waals surface area contributed by atoms with Crippen molar-refractivity contribution in [3.05, 3.63) is 126 Å². The van der Waals surface area contributed by atoms with Crippen molar-refractivity contribution in [1.29, 1.82) is 0 Å². The van der Waals surface area contributed by atoms with Gasteiger partial charge in [0.2, 0.25) is 5.91 Å². The Kier molecular flexibility index (Phi) is 7.41. The molecule has 1 fully saturated rings. The molecule has 2 aliphatic rings. The normalized spacial score (nSPS) is 17.1. The van der Waals surface area contributed by atoms with Gasteiger partial charge >= 0.3 is 0 Å². The van der Waals surface area contributed by atoms with Gasteiger partial charge in [0.25, 0.3) is 5.91 Å². The van der Waals surface area contributed by atoms with Gasteiger partial charge in [0.15, 0.2) is 11.6 Å². The Hall–Kier alpha value is -5.83. The zero-order valence-corrected chi connectivity index (χ0v) is 25.8. The Morgan fingerprint density at radius 1 is 0.809 bits per heavy atom. The minimum absolute atomic E-state index is 0.0685. The Morgan fingerprint density at radius 2 is 1.51 bits per heavy atom. The number of hydrogen-bond donors (Lipinski definition) is 1. The van der Waals surface area contributed by atoms with E-state index < -0.39 is 0 Å². The predicted octanol–water partition coefficient (Wildman–Crippen LogP) is 6.32. The van der Waals surface area contributed by atoms with Crippen molar-refractivity contribution in [3.63, 3.8) is 0 Å². The molecule has 9 heteroatoms. The van der Waals surface area contributed by atoms with Crippen LogP contribution in [-0.4, -0.2) is 60.8 Å². The predicted molar refractivity (Wildman–Crippen MR) is 183 cm³/mol. The van der Waals surface area contributed by atoms with Crippen LogP contribution in [0.25, 0.3) is 39.6 Å². The highest BCUT2D eigenvalue weighted by Gasteiger charge is 2.36. The molecule has 4 aromatic carbocycles. The number of carbonyl (C=O) groups is 2. The molecule has 6 aromatic rings. The molecule has 0 saturated carbocycles. The summed E-state index contributed by atoms with van der Waals surface area (Å²) in [5.74, 6) is 0.608. The van der Waals surface area contributed by atoms with Gasteiger partial charge in [0.05, 0.1) is 28.2 Å². The number of aromatic nitrogens is 5. The fourth-order valence-corrected chi connectivity index (χ4v) is 6.86. The fourth-order valence-electron chi connectivity index (χ4n) is 6.86. The van der Waals surface area contributed by atoms with E-state index in [1.165, 1.54) is 5.56 Å². The highest BCUT2D eigenvalue weighted by Crippen LogP contribution is 2.38. The van der Waals surface area contributed by atoms with Gasteiger partial charge in [-0.2, -0.15) is 5.10 Å². The van der Waals surface area contributed by atoms with E-state index in [4.69, 9.17) is 0 Å². The molecule has 1 N–H and O–H groups in total. The van der Waals surface area contributed by atoms with Crippen LogP contribution in [0.5, 0.6) is 0 Å². The van der Waals surface area contributed by atoms with Crippen molar-refractivity contribution in [2.24, 2.45) is 0 Å². The van der Waals surface area contributed by atoms with Crippen LogP contribution in [0.15, 0.2) is 109 Å². The number of hydrogen-bond acceptors (Lipinski definition) is 5. The third-order valence-corrected chi connectivity index (χ3v) is 9.16. The van der Waals surface area contributed by atoms with Gasteiger partial charge in [-0.15, -0.1) is 10.2 Å². The molecule has 232 valence electrons. The molecule has 2 aromatic heterocycles. The largest absolute Gasteiger partial charge is 0.338 e. The summed E-state index contributed by atoms with van der Waals surface area (Å²) in [5, 5.41) is 17.6. The molecular weight excluding hydrogens is 586 g/mol. The summed E-state index contributed by atoms with van der Waals surface area (Å²) in [6.45, 7) is 0.577. The highest BCUT2D eigenvalue weighted by molar-refractivity contribution is 6.31. The fraction of sp³-hybridized carbons (Fsp3) is 0.184. The number of fused-ring (bicyclic) bond motifs is 4.